The molecule has 0 saturated carbocycles. The van der Waals surface area contributed by atoms with Crippen molar-refractivity contribution in [3.63, 3.8) is 0 Å². The van der Waals surface area contributed by atoms with Gasteiger partial charge in [-0.3, -0.25) is 4.90 Å². The summed E-state index contributed by atoms with van der Waals surface area (Å²) in [6.07, 6.45) is -0.659. The summed E-state index contributed by atoms with van der Waals surface area (Å²) in [5.41, 5.74) is -1.65. The minimum atomic E-state index is -1.09. The minimum absolute atomic E-state index is 0.0245. The predicted octanol–water partition coefficient (Wildman–Crippen LogP) is 5.16. The summed E-state index contributed by atoms with van der Waals surface area (Å²) in [6.45, 7) is 22.7. The third-order valence-electron chi connectivity index (χ3n) is 3.27. The molecule has 0 spiro atoms. The lowest BCUT2D eigenvalue weighted by molar-refractivity contribution is -0.145. The zero-order valence-corrected chi connectivity index (χ0v) is 18.4. The lowest BCUT2D eigenvalue weighted by atomic mass is 10.00. The first-order valence-electron chi connectivity index (χ1n) is 9.38. The van der Waals surface area contributed by atoms with Crippen molar-refractivity contribution in [1.82, 2.24) is 4.90 Å². The predicted molar refractivity (Wildman–Crippen MR) is 103 cm³/mol. The van der Waals surface area contributed by atoms with E-state index in [1.807, 2.05) is 55.4 Å². The van der Waals surface area contributed by atoms with E-state index in [1.165, 1.54) is 4.90 Å². The van der Waals surface area contributed by atoms with E-state index in [-0.39, 0.29) is 12.5 Å². The van der Waals surface area contributed by atoms with Crippen molar-refractivity contribution in [2.24, 2.45) is 5.92 Å². The normalized spacial score (nSPS) is 21.8. The van der Waals surface area contributed by atoms with E-state index in [2.05, 4.69) is 0 Å². The summed E-state index contributed by atoms with van der Waals surface area (Å²) in [4.78, 5) is 24.7. The molecule has 2 atom stereocenters. The smallest absolute Gasteiger partial charge is 0.413 e. The maximum Gasteiger partial charge on any atom is 0.413 e. The molecule has 1 saturated heterocycles. The molecule has 1 aliphatic heterocycles. The van der Waals surface area contributed by atoms with Crippen molar-refractivity contribution in [2.45, 2.75) is 100 Å². The molecular formula is C19H41NO5. The Labute approximate surface area is 154 Å². The van der Waals surface area contributed by atoms with Gasteiger partial charge in [-0.2, -0.15) is 0 Å². The number of carbonyl (C=O) groups is 2. The Hall–Kier alpha value is -1.30. The first kappa shape index (κ1) is 28.5. The fourth-order valence-corrected chi connectivity index (χ4v) is 1.95. The van der Waals surface area contributed by atoms with E-state index >= 15 is 0 Å². The van der Waals surface area contributed by atoms with Crippen molar-refractivity contribution >= 4 is 12.1 Å². The highest BCUT2D eigenvalue weighted by Crippen LogP contribution is 2.35. The molecule has 0 aliphatic carbocycles. The van der Waals surface area contributed by atoms with Crippen LogP contribution < -0.4 is 0 Å². The lowest BCUT2D eigenvalue weighted by Gasteiger charge is -2.39. The lowest BCUT2D eigenvalue weighted by Crippen LogP contribution is -2.55. The summed E-state index contributed by atoms with van der Waals surface area (Å²) in [7, 11) is 0. The molecule has 0 bridgehead atoms. The molecule has 1 fully saturated rings. The van der Waals surface area contributed by atoms with E-state index in [1.54, 1.807) is 27.7 Å². The van der Waals surface area contributed by atoms with Gasteiger partial charge in [-0.05, 0) is 27.7 Å². The summed E-state index contributed by atoms with van der Waals surface area (Å²) < 4.78 is 10.9. The molecule has 1 rings (SSSR count). The molecule has 0 aromatic carbocycles. The van der Waals surface area contributed by atoms with Crippen LogP contribution in [0.3, 0.4) is 0 Å². The Morgan fingerprint density at radius 3 is 1.80 bits per heavy atom. The number of carboxylic acid groups (broad SMARTS) is 1. The topological polar surface area (TPSA) is 76.1 Å². The Kier molecular flexibility index (Phi) is 14.8. The van der Waals surface area contributed by atoms with Gasteiger partial charge in [0, 0.05) is 5.92 Å². The molecule has 1 N–H and O–H groups in total. The number of ether oxygens (including phenoxy) is 2. The maximum absolute atomic E-state index is 12.3. The van der Waals surface area contributed by atoms with Crippen LogP contribution in [-0.2, 0) is 14.3 Å². The van der Waals surface area contributed by atoms with Gasteiger partial charge in [0.15, 0.2) is 6.04 Å². The van der Waals surface area contributed by atoms with Crippen LogP contribution in [0.25, 0.3) is 0 Å². The number of hydrogen-bond donors (Lipinski definition) is 1. The monoisotopic (exact) mass is 363 g/mol. The Balaban J connectivity index is -0.000000725. The minimum Gasteiger partial charge on any atom is -0.480 e. The van der Waals surface area contributed by atoms with E-state index in [9.17, 15) is 14.7 Å². The van der Waals surface area contributed by atoms with Crippen LogP contribution in [0.1, 0.15) is 83.1 Å². The van der Waals surface area contributed by atoms with E-state index in [0.29, 0.717) is 0 Å². The Morgan fingerprint density at radius 2 is 1.52 bits per heavy atom. The number of amides is 1. The zero-order chi connectivity index (χ0) is 21.0. The van der Waals surface area contributed by atoms with Crippen molar-refractivity contribution in [2.75, 3.05) is 6.61 Å². The molecule has 0 radical (unpaired) electrons. The quantitative estimate of drug-likeness (QED) is 0.733. The maximum atomic E-state index is 12.3. The highest BCUT2D eigenvalue weighted by molar-refractivity contribution is 5.81. The summed E-state index contributed by atoms with van der Waals surface area (Å²) in [5, 5.41) is 9.22. The van der Waals surface area contributed by atoms with Crippen LogP contribution in [0.15, 0.2) is 0 Å². The van der Waals surface area contributed by atoms with Gasteiger partial charge in [-0.1, -0.05) is 55.4 Å². The fourth-order valence-electron chi connectivity index (χ4n) is 1.95. The molecule has 2 unspecified atom stereocenters. The van der Waals surface area contributed by atoms with Crippen LogP contribution in [0.2, 0.25) is 0 Å². The Bertz CT molecular complexity index is 377. The summed E-state index contributed by atoms with van der Waals surface area (Å²) >= 11 is 0. The first-order valence-corrected chi connectivity index (χ1v) is 9.38. The van der Waals surface area contributed by atoms with Gasteiger partial charge in [-0.25, -0.2) is 9.59 Å². The summed E-state index contributed by atoms with van der Waals surface area (Å²) in [5.74, 6) is -1.14. The van der Waals surface area contributed by atoms with Gasteiger partial charge >= 0.3 is 12.1 Å². The fraction of sp³-hybridized carbons (Fsp3) is 0.895. The largest absolute Gasteiger partial charge is 0.480 e. The number of carboxylic acids is 1. The van der Waals surface area contributed by atoms with Crippen LogP contribution in [0.4, 0.5) is 4.79 Å². The van der Waals surface area contributed by atoms with Gasteiger partial charge < -0.3 is 14.6 Å². The van der Waals surface area contributed by atoms with E-state index in [4.69, 9.17) is 9.47 Å². The molecule has 0 aromatic heterocycles. The highest BCUT2D eigenvalue weighted by atomic mass is 16.6. The van der Waals surface area contributed by atoms with Crippen molar-refractivity contribution in [3.8, 4) is 0 Å². The van der Waals surface area contributed by atoms with Crippen LogP contribution in [0, 0.1) is 5.92 Å². The van der Waals surface area contributed by atoms with Crippen molar-refractivity contribution in [3.05, 3.63) is 0 Å². The number of aliphatic carboxylic acids is 1. The molecule has 1 amide bonds. The molecule has 6 heteroatoms. The van der Waals surface area contributed by atoms with Crippen molar-refractivity contribution < 1.29 is 24.2 Å². The molecule has 0 aromatic rings. The molecule has 6 nitrogen and oxygen atoms in total. The van der Waals surface area contributed by atoms with Gasteiger partial charge in [0.25, 0.3) is 0 Å². The third-order valence-corrected chi connectivity index (χ3v) is 3.27. The molecule has 25 heavy (non-hydrogen) atoms. The zero-order valence-electron chi connectivity index (χ0n) is 18.4. The molecule has 152 valence electrons. The number of hydrogen-bond acceptors (Lipinski definition) is 4. The van der Waals surface area contributed by atoms with E-state index < -0.39 is 29.4 Å². The van der Waals surface area contributed by atoms with Gasteiger partial charge in [-0.15, -0.1) is 0 Å². The molecule has 1 aliphatic rings. The van der Waals surface area contributed by atoms with E-state index in [0.717, 1.165) is 0 Å². The second kappa shape index (κ2) is 13.0. The SMILES string of the molecule is CC.CC.CC.CC(C)C1(C)OCC(C(=O)O)N1C(=O)OC(C)(C)C. The van der Waals surface area contributed by atoms with Gasteiger partial charge in [0.2, 0.25) is 0 Å². The molecular weight excluding hydrogens is 322 g/mol. The van der Waals surface area contributed by atoms with Gasteiger partial charge in [0.1, 0.15) is 11.3 Å². The van der Waals surface area contributed by atoms with Crippen LogP contribution in [0.5, 0.6) is 0 Å². The number of carbonyl (C=O) groups excluding carboxylic acids is 1. The van der Waals surface area contributed by atoms with Crippen LogP contribution in [-0.4, -0.2) is 46.0 Å². The average molecular weight is 364 g/mol. The number of nitrogens with zero attached hydrogens (tertiary/aromatic N) is 1. The second-order valence-corrected chi connectivity index (χ2v) is 6.22. The molecule has 1 heterocycles. The van der Waals surface area contributed by atoms with Crippen LogP contribution >= 0.6 is 0 Å². The third kappa shape index (κ3) is 8.56. The highest BCUT2D eigenvalue weighted by Gasteiger charge is 2.53. The van der Waals surface area contributed by atoms with Gasteiger partial charge in [0.05, 0.1) is 6.61 Å². The number of rotatable bonds is 2. The van der Waals surface area contributed by atoms with Crippen molar-refractivity contribution in [1.29, 1.82) is 0 Å². The average Bonchev–Trinajstić information content (AvgIpc) is 2.91. The second-order valence-electron chi connectivity index (χ2n) is 6.22. The first-order chi connectivity index (χ1) is 11.5. The summed E-state index contributed by atoms with van der Waals surface area (Å²) in [6, 6.07) is -1.01. The Morgan fingerprint density at radius 1 is 1.12 bits per heavy atom. The standard InChI is InChI=1S/C13H23NO5.3C2H6/c1-8(2)13(6)14(9(7-18-13)10(15)16)11(17)19-12(3,4)5;3*1-2/h8-9H,7H2,1-6H3,(H,15,16);3*1-2H3.